The van der Waals surface area contributed by atoms with E-state index < -0.39 is 5.60 Å². The number of nitrogens with zero attached hydrogens (tertiary/aromatic N) is 1. The minimum absolute atomic E-state index is 0.131. The number of hydrogen-bond acceptors (Lipinski definition) is 4. The summed E-state index contributed by atoms with van der Waals surface area (Å²) in [5, 5.41) is 0. The molecule has 1 amide bonds. The van der Waals surface area contributed by atoms with Crippen molar-refractivity contribution in [2.75, 3.05) is 26.3 Å². The standard InChI is InChI=1S/C12H21NO4/c1-12(2,3)17-11(14)13-5-4-9(6-13)15-7-10-8-16-10/h9-10H,4-8H2,1-3H3/t9-,10-/m1/s1. The monoisotopic (exact) mass is 243 g/mol. The number of epoxide rings is 1. The highest BCUT2D eigenvalue weighted by Crippen LogP contribution is 2.18. The number of amides is 1. The molecule has 2 saturated heterocycles. The Bertz CT molecular complexity index is 283. The Morgan fingerprint density at radius 3 is 2.76 bits per heavy atom. The maximum absolute atomic E-state index is 11.8. The Hall–Kier alpha value is -0.810. The van der Waals surface area contributed by atoms with Crippen LogP contribution in [0.25, 0.3) is 0 Å². The Morgan fingerprint density at radius 1 is 1.47 bits per heavy atom. The zero-order valence-corrected chi connectivity index (χ0v) is 10.8. The van der Waals surface area contributed by atoms with Crippen molar-refractivity contribution in [3.8, 4) is 0 Å². The lowest BCUT2D eigenvalue weighted by Crippen LogP contribution is -2.36. The van der Waals surface area contributed by atoms with Gasteiger partial charge < -0.3 is 19.1 Å². The van der Waals surface area contributed by atoms with Crippen molar-refractivity contribution in [1.82, 2.24) is 4.90 Å². The first-order valence-corrected chi connectivity index (χ1v) is 6.15. The van der Waals surface area contributed by atoms with Gasteiger partial charge in [0.1, 0.15) is 11.7 Å². The van der Waals surface area contributed by atoms with E-state index in [1.54, 1.807) is 4.90 Å². The van der Waals surface area contributed by atoms with Crippen LogP contribution in [0.5, 0.6) is 0 Å². The topological polar surface area (TPSA) is 51.3 Å². The van der Waals surface area contributed by atoms with Crippen LogP contribution in [0.2, 0.25) is 0 Å². The molecule has 0 N–H and O–H groups in total. The van der Waals surface area contributed by atoms with Crippen LogP contribution in [0.1, 0.15) is 27.2 Å². The zero-order chi connectivity index (χ0) is 12.5. The van der Waals surface area contributed by atoms with E-state index >= 15 is 0 Å². The fourth-order valence-corrected chi connectivity index (χ4v) is 1.76. The van der Waals surface area contributed by atoms with E-state index in [-0.39, 0.29) is 18.3 Å². The summed E-state index contributed by atoms with van der Waals surface area (Å²) in [5.74, 6) is 0. The second-order valence-corrected chi connectivity index (χ2v) is 5.63. The molecule has 0 spiro atoms. The molecule has 0 aromatic heterocycles. The molecule has 0 saturated carbocycles. The summed E-state index contributed by atoms with van der Waals surface area (Å²) in [6.45, 7) is 8.42. The third-order valence-electron chi connectivity index (χ3n) is 2.72. The van der Waals surface area contributed by atoms with Crippen molar-refractivity contribution in [3.05, 3.63) is 0 Å². The van der Waals surface area contributed by atoms with E-state index in [0.717, 1.165) is 13.0 Å². The van der Waals surface area contributed by atoms with Gasteiger partial charge in [-0.25, -0.2) is 4.79 Å². The first-order valence-electron chi connectivity index (χ1n) is 6.15. The summed E-state index contributed by atoms with van der Waals surface area (Å²) in [6.07, 6.45) is 1.05. The van der Waals surface area contributed by atoms with Gasteiger partial charge in [0.15, 0.2) is 0 Å². The van der Waals surface area contributed by atoms with Gasteiger partial charge >= 0.3 is 6.09 Å². The lowest BCUT2D eigenvalue weighted by Gasteiger charge is -2.24. The van der Waals surface area contributed by atoms with Gasteiger partial charge in [0.2, 0.25) is 0 Å². The second kappa shape index (κ2) is 4.82. The second-order valence-electron chi connectivity index (χ2n) is 5.63. The van der Waals surface area contributed by atoms with E-state index in [2.05, 4.69) is 0 Å². The van der Waals surface area contributed by atoms with Gasteiger partial charge in [-0.3, -0.25) is 0 Å². The number of likely N-dealkylation sites (tertiary alicyclic amines) is 1. The van der Waals surface area contributed by atoms with Gasteiger partial charge in [-0.2, -0.15) is 0 Å². The van der Waals surface area contributed by atoms with Gasteiger partial charge in [0.25, 0.3) is 0 Å². The highest BCUT2D eigenvalue weighted by Gasteiger charge is 2.32. The van der Waals surface area contributed by atoms with E-state index in [1.807, 2.05) is 20.8 Å². The quantitative estimate of drug-likeness (QED) is 0.703. The normalized spacial score (nSPS) is 28.3. The Morgan fingerprint density at radius 2 is 2.18 bits per heavy atom. The fourth-order valence-electron chi connectivity index (χ4n) is 1.76. The third kappa shape index (κ3) is 4.16. The number of rotatable bonds is 3. The molecule has 2 rings (SSSR count). The van der Waals surface area contributed by atoms with Crippen LogP contribution in [-0.4, -0.2) is 55.1 Å². The van der Waals surface area contributed by atoms with Crippen molar-refractivity contribution in [2.45, 2.75) is 45.0 Å². The molecule has 0 aromatic carbocycles. The average molecular weight is 243 g/mol. The minimum atomic E-state index is -0.433. The molecule has 0 bridgehead atoms. The summed E-state index contributed by atoms with van der Waals surface area (Å²) in [4.78, 5) is 13.5. The van der Waals surface area contributed by atoms with Crippen molar-refractivity contribution < 1.29 is 19.0 Å². The van der Waals surface area contributed by atoms with Crippen LogP contribution in [0, 0.1) is 0 Å². The summed E-state index contributed by atoms with van der Waals surface area (Å²) in [7, 11) is 0. The molecule has 0 aliphatic carbocycles. The largest absolute Gasteiger partial charge is 0.444 e. The highest BCUT2D eigenvalue weighted by molar-refractivity contribution is 5.68. The summed E-state index contributed by atoms with van der Waals surface area (Å²) >= 11 is 0. The van der Waals surface area contributed by atoms with Crippen LogP contribution in [0.3, 0.4) is 0 Å². The molecule has 0 radical (unpaired) electrons. The first kappa shape index (κ1) is 12.6. The van der Waals surface area contributed by atoms with Crippen LogP contribution in [0.4, 0.5) is 4.79 Å². The number of hydrogen-bond donors (Lipinski definition) is 0. The Kier molecular flexibility index (Phi) is 3.58. The molecule has 98 valence electrons. The first-order chi connectivity index (χ1) is 7.94. The molecule has 0 unspecified atom stereocenters. The van der Waals surface area contributed by atoms with E-state index in [1.165, 1.54) is 0 Å². The molecule has 5 heteroatoms. The Labute approximate surface area is 102 Å². The molecular weight excluding hydrogens is 222 g/mol. The maximum Gasteiger partial charge on any atom is 0.410 e. The van der Waals surface area contributed by atoms with Crippen LogP contribution in [0.15, 0.2) is 0 Å². The van der Waals surface area contributed by atoms with E-state index in [9.17, 15) is 4.79 Å². The predicted molar refractivity (Wildman–Crippen MR) is 61.9 cm³/mol. The summed E-state index contributed by atoms with van der Waals surface area (Å²) < 4.78 is 16.1. The molecular formula is C12H21NO4. The summed E-state index contributed by atoms with van der Waals surface area (Å²) in [5.41, 5.74) is -0.433. The van der Waals surface area contributed by atoms with Gasteiger partial charge in [0.05, 0.1) is 25.9 Å². The zero-order valence-electron chi connectivity index (χ0n) is 10.8. The van der Waals surface area contributed by atoms with Crippen molar-refractivity contribution >= 4 is 6.09 Å². The lowest BCUT2D eigenvalue weighted by molar-refractivity contribution is 0.0193. The van der Waals surface area contributed by atoms with E-state index in [4.69, 9.17) is 14.2 Å². The number of ether oxygens (including phenoxy) is 3. The molecule has 0 aromatic rings. The third-order valence-corrected chi connectivity index (χ3v) is 2.72. The van der Waals surface area contributed by atoms with Crippen LogP contribution >= 0.6 is 0 Å². The molecule has 2 aliphatic rings. The number of carbonyl (C=O) groups is 1. The van der Waals surface area contributed by atoms with Crippen molar-refractivity contribution in [1.29, 1.82) is 0 Å². The summed E-state index contributed by atoms with van der Waals surface area (Å²) in [6, 6.07) is 0. The Balaban J connectivity index is 1.70. The van der Waals surface area contributed by atoms with Gasteiger partial charge in [0, 0.05) is 6.54 Å². The lowest BCUT2D eigenvalue weighted by atomic mass is 10.2. The van der Waals surface area contributed by atoms with Gasteiger partial charge in [-0.15, -0.1) is 0 Å². The molecule has 17 heavy (non-hydrogen) atoms. The predicted octanol–water partition coefficient (Wildman–Crippen LogP) is 1.41. The highest BCUT2D eigenvalue weighted by atomic mass is 16.6. The molecule has 2 aliphatic heterocycles. The fraction of sp³-hybridized carbons (Fsp3) is 0.917. The van der Waals surface area contributed by atoms with Gasteiger partial charge in [-0.05, 0) is 27.2 Å². The molecule has 2 heterocycles. The minimum Gasteiger partial charge on any atom is -0.444 e. The molecule has 2 fully saturated rings. The molecule has 5 nitrogen and oxygen atoms in total. The van der Waals surface area contributed by atoms with Gasteiger partial charge in [-0.1, -0.05) is 0 Å². The van der Waals surface area contributed by atoms with E-state index in [0.29, 0.717) is 19.7 Å². The van der Waals surface area contributed by atoms with Crippen LogP contribution in [-0.2, 0) is 14.2 Å². The maximum atomic E-state index is 11.8. The number of carbonyl (C=O) groups excluding carboxylic acids is 1. The van der Waals surface area contributed by atoms with Crippen molar-refractivity contribution in [3.63, 3.8) is 0 Å². The SMILES string of the molecule is CC(C)(C)OC(=O)N1CC[C@@H](OC[C@@H]2CO2)C1. The van der Waals surface area contributed by atoms with Crippen molar-refractivity contribution in [2.24, 2.45) is 0 Å². The molecule has 2 atom stereocenters. The van der Waals surface area contributed by atoms with Crippen LogP contribution < -0.4 is 0 Å². The average Bonchev–Trinajstić information content (AvgIpc) is 2.90. The smallest absolute Gasteiger partial charge is 0.410 e.